The van der Waals surface area contributed by atoms with Crippen molar-refractivity contribution in [2.24, 2.45) is 38.5 Å². The second-order valence-corrected chi connectivity index (χ2v) is 18.8. The molecule has 0 saturated carbocycles. The maximum absolute atomic E-state index is 13.5. The Morgan fingerprint density at radius 2 is 1.06 bits per heavy atom. The van der Waals surface area contributed by atoms with Gasteiger partial charge in [-0.05, 0) is 105 Å². The molecule has 0 heterocycles. The Morgan fingerprint density at radius 1 is 0.592 bits per heavy atom. The third-order valence-electron chi connectivity index (χ3n) is 10.1. The molecule has 6 N–H and O–H groups in total. The molecular formula is C40H82N6O3. The van der Waals surface area contributed by atoms with Gasteiger partial charge in [-0.15, -0.1) is 0 Å². The van der Waals surface area contributed by atoms with Gasteiger partial charge < -0.3 is 27.0 Å². The van der Waals surface area contributed by atoms with Crippen molar-refractivity contribution >= 4 is 17.7 Å². The summed E-state index contributed by atoms with van der Waals surface area (Å²) < 4.78 is 0. The number of nitrogens with two attached hydrogens (primary N) is 2. The number of carbonyl (C=O) groups excluding carboxylic acids is 3. The van der Waals surface area contributed by atoms with Gasteiger partial charge in [0.15, 0.2) is 0 Å². The van der Waals surface area contributed by atoms with E-state index in [1.54, 1.807) is 0 Å². The van der Waals surface area contributed by atoms with E-state index in [1.165, 1.54) is 0 Å². The van der Waals surface area contributed by atoms with Crippen molar-refractivity contribution in [3.05, 3.63) is 0 Å². The van der Waals surface area contributed by atoms with Crippen LogP contribution in [0.2, 0.25) is 0 Å². The molecule has 0 rings (SSSR count). The molecule has 0 aliphatic heterocycles. The smallest absolute Gasteiger partial charge is 0.236 e. The maximum Gasteiger partial charge on any atom is 0.236 e. The minimum absolute atomic E-state index is 0.0118. The van der Waals surface area contributed by atoms with Gasteiger partial charge >= 0.3 is 0 Å². The van der Waals surface area contributed by atoms with E-state index < -0.39 is 0 Å². The van der Waals surface area contributed by atoms with E-state index in [1.807, 2.05) is 4.90 Å². The number of carbonyl (C=O) groups is 3. The molecule has 0 fully saturated rings. The molecule has 0 aromatic rings. The van der Waals surface area contributed by atoms with Gasteiger partial charge in [0.05, 0.1) is 6.54 Å². The Bertz CT molecular complexity index is 946. The van der Waals surface area contributed by atoms with Crippen molar-refractivity contribution in [1.29, 1.82) is 0 Å². The van der Waals surface area contributed by atoms with Gasteiger partial charge in [-0.3, -0.25) is 19.3 Å². The first-order valence-electron chi connectivity index (χ1n) is 19.4. The molecule has 0 spiro atoms. The summed E-state index contributed by atoms with van der Waals surface area (Å²) in [5, 5.41) is 6.22. The average Bonchev–Trinajstić information content (AvgIpc) is 2.92. The highest BCUT2D eigenvalue weighted by Gasteiger charge is 2.43. The molecule has 0 aliphatic carbocycles. The lowest BCUT2D eigenvalue weighted by atomic mass is 9.57. The number of hydrogen-bond acceptors (Lipinski definition) is 6. The largest absolute Gasteiger partial charge is 0.356 e. The summed E-state index contributed by atoms with van der Waals surface area (Å²) in [6.07, 6.45) is 9.14. The molecule has 0 radical (unpaired) electrons. The van der Waals surface area contributed by atoms with E-state index >= 15 is 0 Å². The van der Waals surface area contributed by atoms with Crippen molar-refractivity contribution in [3.63, 3.8) is 0 Å². The SMILES string of the molecule is CCCC(C)(C)CC(=O)NCCCN(CCCCNC(=O)CC(C)(C)CC(C)(C)C(C)(C)CC(C)(C)C)C(=O)CN(CCCN)CCCN. The number of amides is 3. The van der Waals surface area contributed by atoms with Gasteiger partial charge in [0.2, 0.25) is 17.7 Å². The second-order valence-electron chi connectivity index (χ2n) is 18.8. The molecule has 9 nitrogen and oxygen atoms in total. The Balaban J connectivity index is 5.13. The van der Waals surface area contributed by atoms with Gasteiger partial charge in [-0.25, -0.2) is 0 Å². The highest BCUT2D eigenvalue weighted by Crippen LogP contribution is 2.52. The van der Waals surface area contributed by atoms with Crippen molar-refractivity contribution in [3.8, 4) is 0 Å². The van der Waals surface area contributed by atoms with Crippen molar-refractivity contribution in [2.75, 3.05) is 58.9 Å². The maximum atomic E-state index is 13.5. The van der Waals surface area contributed by atoms with Crippen molar-refractivity contribution < 1.29 is 14.4 Å². The molecule has 49 heavy (non-hydrogen) atoms. The average molecular weight is 695 g/mol. The number of rotatable bonds is 27. The number of hydrogen-bond donors (Lipinski definition) is 4. The van der Waals surface area contributed by atoms with E-state index in [4.69, 9.17) is 11.5 Å². The highest BCUT2D eigenvalue weighted by atomic mass is 16.2. The number of nitrogens with zero attached hydrogens (tertiary/aromatic N) is 2. The zero-order chi connectivity index (χ0) is 37.9. The van der Waals surface area contributed by atoms with E-state index in [-0.39, 0.29) is 44.8 Å². The lowest BCUT2D eigenvalue weighted by Crippen LogP contribution is -2.43. The van der Waals surface area contributed by atoms with Crippen LogP contribution in [-0.2, 0) is 14.4 Å². The Hall–Kier alpha value is -1.71. The first kappa shape index (κ1) is 47.3. The van der Waals surface area contributed by atoms with Crippen molar-refractivity contribution in [2.45, 2.75) is 154 Å². The van der Waals surface area contributed by atoms with Gasteiger partial charge in [0.1, 0.15) is 0 Å². The molecule has 0 atom stereocenters. The zero-order valence-electron chi connectivity index (χ0n) is 34.4. The highest BCUT2D eigenvalue weighted by molar-refractivity contribution is 5.78. The fourth-order valence-corrected chi connectivity index (χ4v) is 7.53. The summed E-state index contributed by atoms with van der Waals surface area (Å²) in [4.78, 5) is 43.2. The lowest BCUT2D eigenvalue weighted by molar-refractivity contribution is -0.132. The number of nitrogens with one attached hydrogen (secondary N) is 2. The monoisotopic (exact) mass is 695 g/mol. The minimum Gasteiger partial charge on any atom is -0.356 e. The molecule has 0 aliphatic rings. The molecule has 3 amide bonds. The van der Waals surface area contributed by atoms with Crippen molar-refractivity contribution in [1.82, 2.24) is 20.4 Å². The summed E-state index contributed by atoms with van der Waals surface area (Å²) in [5.41, 5.74) is 11.9. The summed E-state index contributed by atoms with van der Waals surface area (Å²) in [6.45, 7) is 32.6. The first-order chi connectivity index (χ1) is 22.5. The van der Waals surface area contributed by atoms with E-state index in [9.17, 15) is 14.4 Å². The fraction of sp³-hybridized carbons (Fsp3) is 0.925. The minimum atomic E-state index is -0.118. The van der Waals surface area contributed by atoms with Crippen LogP contribution >= 0.6 is 0 Å². The third-order valence-corrected chi connectivity index (χ3v) is 10.1. The summed E-state index contributed by atoms with van der Waals surface area (Å²) >= 11 is 0. The molecule has 0 aromatic heterocycles. The molecule has 0 saturated heterocycles. The molecule has 0 unspecified atom stereocenters. The number of unbranched alkanes of at least 4 members (excludes halogenated alkanes) is 1. The summed E-state index contributed by atoms with van der Waals surface area (Å²) in [5.74, 6) is 0.255. The van der Waals surface area contributed by atoms with Crippen LogP contribution in [0.1, 0.15) is 154 Å². The Morgan fingerprint density at radius 3 is 1.55 bits per heavy atom. The molecule has 0 aromatic carbocycles. The van der Waals surface area contributed by atoms with Gasteiger partial charge in [-0.2, -0.15) is 0 Å². The Labute approximate surface area is 303 Å². The van der Waals surface area contributed by atoms with Crippen LogP contribution in [0, 0.1) is 27.1 Å². The summed E-state index contributed by atoms with van der Waals surface area (Å²) in [6, 6.07) is 0. The van der Waals surface area contributed by atoms with Crippen LogP contribution < -0.4 is 22.1 Å². The molecular weight excluding hydrogens is 612 g/mol. The lowest BCUT2D eigenvalue weighted by Gasteiger charge is -2.48. The van der Waals surface area contributed by atoms with E-state index in [2.05, 4.69) is 98.6 Å². The van der Waals surface area contributed by atoms with Crippen LogP contribution in [0.4, 0.5) is 0 Å². The predicted octanol–water partition coefficient (Wildman–Crippen LogP) is 6.73. The van der Waals surface area contributed by atoms with E-state index in [0.29, 0.717) is 65.1 Å². The van der Waals surface area contributed by atoms with Crippen LogP contribution in [0.3, 0.4) is 0 Å². The third kappa shape index (κ3) is 22.0. The molecule has 9 heteroatoms. The van der Waals surface area contributed by atoms with Crippen LogP contribution in [0.15, 0.2) is 0 Å². The van der Waals surface area contributed by atoms with Crippen LogP contribution in [0.25, 0.3) is 0 Å². The van der Waals surface area contributed by atoms with E-state index in [0.717, 1.165) is 64.5 Å². The van der Waals surface area contributed by atoms with Gasteiger partial charge in [0, 0.05) is 39.0 Å². The first-order valence-corrected chi connectivity index (χ1v) is 19.4. The van der Waals surface area contributed by atoms with Gasteiger partial charge in [0.25, 0.3) is 0 Å². The predicted molar refractivity (Wildman–Crippen MR) is 208 cm³/mol. The standard InChI is InChI=1S/C40H82N6O3/c1-13-19-37(5,6)28-33(47)44-23-18-27-46(35(49)30-45(24-16-20-41)25-17-21-42)26-15-14-22-43-34(48)29-38(7,8)32-40(11,12)39(9,10)31-36(2,3)4/h13-32,41-42H2,1-12H3,(H,43,48)(H,44,47). The van der Waals surface area contributed by atoms with Crippen LogP contribution in [0.5, 0.6) is 0 Å². The molecule has 290 valence electrons. The topological polar surface area (TPSA) is 134 Å². The fourth-order valence-electron chi connectivity index (χ4n) is 7.53. The summed E-state index contributed by atoms with van der Waals surface area (Å²) in [7, 11) is 0. The van der Waals surface area contributed by atoms with Gasteiger partial charge in [-0.1, -0.05) is 89.5 Å². The van der Waals surface area contributed by atoms with Crippen LogP contribution in [-0.4, -0.2) is 86.4 Å². The Kier molecular flexibility index (Phi) is 21.5. The molecule has 0 bridgehead atoms. The zero-order valence-corrected chi connectivity index (χ0v) is 34.4. The quantitative estimate of drug-likeness (QED) is 0.0705. The second kappa shape index (κ2) is 22.3. The normalized spacial score (nSPS) is 13.1.